The molecule has 3 N–H and O–H groups in total. The van der Waals surface area contributed by atoms with E-state index in [1.54, 1.807) is 38.1 Å². The number of rotatable bonds is 6. The number of aromatic nitrogens is 1. The third-order valence-electron chi connectivity index (χ3n) is 3.64. The lowest BCUT2D eigenvalue weighted by molar-refractivity contribution is -0.152. The van der Waals surface area contributed by atoms with E-state index < -0.39 is 17.2 Å². The predicted molar refractivity (Wildman–Crippen MR) is 91.9 cm³/mol. The van der Waals surface area contributed by atoms with Gasteiger partial charge in [-0.1, -0.05) is 24.3 Å². The number of methoxy groups -OCH3 is 1. The van der Waals surface area contributed by atoms with E-state index in [1.807, 2.05) is 0 Å². The smallest absolute Gasteiger partial charge is 0.314 e. The predicted octanol–water partition coefficient (Wildman–Crippen LogP) is 2.75. The van der Waals surface area contributed by atoms with E-state index in [0.29, 0.717) is 11.1 Å². The summed E-state index contributed by atoms with van der Waals surface area (Å²) in [6.45, 7) is 3.22. The molecule has 132 valence electrons. The SMILES string of the molecule is COC(=O)C(C)(C)COc1ncc(-c2ccc(C(=N)N)cc2)cc1F. The Bertz CT molecular complexity index is 789. The normalized spacial score (nSPS) is 11.0. The summed E-state index contributed by atoms with van der Waals surface area (Å²) in [4.78, 5) is 15.6. The van der Waals surface area contributed by atoms with E-state index >= 15 is 0 Å². The van der Waals surface area contributed by atoms with Crippen molar-refractivity contribution in [1.82, 2.24) is 4.98 Å². The van der Waals surface area contributed by atoms with Gasteiger partial charge in [0.05, 0.1) is 12.5 Å². The molecule has 0 bridgehead atoms. The zero-order chi connectivity index (χ0) is 18.6. The van der Waals surface area contributed by atoms with Crippen molar-refractivity contribution in [2.24, 2.45) is 11.1 Å². The number of nitrogens with two attached hydrogens (primary N) is 1. The Kier molecular flexibility index (Phi) is 5.36. The van der Waals surface area contributed by atoms with Crippen LogP contribution < -0.4 is 10.5 Å². The van der Waals surface area contributed by atoms with Crippen molar-refractivity contribution in [2.45, 2.75) is 13.8 Å². The van der Waals surface area contributed by atoms with Gasteiger partial charge in [-0.3, -0.25) is 10.2 Å². The summed E-state index contributed by atoms with van der Waals surface area (Å²) in [7, 11) is 1.29. The van der Waals surface area contributed by atoms with Crippen LogP contribution in [0.1, 0.15) is 19.4 Å². The number of carbonyl (C=O) groups excluding carboxylic acids is 1. The van der Waals surface area contributed by atoms with Crippen LogP contribution in [0.25, 0.3) is 11.1 Å². The second-order valence-corrected chi connectivity index (χ2v) is 6.17. The number of ether oxygens (including phenoxy) is 2. The van der Waals surface area contributed by atoms with Crippen molar-refractivity contribution in [2.75, 3.05) is 13.7 Å². The maximum Gasteiger partial charge on any atom is 0.314 e. The molecule has 0 radical (unpaired) electrons. The molecule has 6 nitrogen and oxygen atoms in total. The average Bonchev–Trinajstić information content (AvgIpc) is 2.59. The lowest BCUT2D eigenvalue weighted by atomic mass is 9.95. The Morgan fingerprint density at radius 2 is 1.92 bits per heavy atom. The van der Waals surface area contributed by atoms with Crippen LogP contribution in [0.2, 0.25) is 0 Å². The minimum atomic E-state index is -0.913. The van der Waals surface area contributed by atoms with Gasteiger partial charge in [0.1, 0.15) is 12.4 Å². The van der Waals surface area contributed by atoms with Crippen molar-refractivity contribution in [3.05, 3.63) is 47.9 Å². The third kappa shape index (κ3) is 4.32. The summed E-state index contributed by atoms with van der Waals surface area (Å²) < 4.78 is 24.3. The number of nitrogens with one attached hydrogen (secondary N) is 1. The quantitative estimate of drug-likeness (QED) is 0.476. The zero-order valence-electron chi connectivity index (χ0n) is 14.3. The van der Waals surface area contributed by atoms with E-state index in [4.69, 9.17) is 15.9 Å². The van der Waals surface area contributed by atoms with Gasteiger partial charge in [-0.05, 0) is 25.5 Å². The van der Waals surface area contributed by atoms with Gasteiger partial charge >= 0.3 is 5.97 Å². The molecule has 1 aromatic heterocycles. The van der Waals surface area contributed by atoms with Crippen LogP contribution in [0.5, 0.6) is 5.88 Å². The molecule has 0 unspecified atom stereocenters. The number of amidine groups is 1. The topological polar surface area (TPSA) is 98.3 Å². The molecule has 0 spiro atoms. The number of nitrogens with zero attached hydrogens (tertiary/aromatic N) is 1. The molecule has 2 rings (SSSR count). The van der Waals surface area contributed by atoms with Gasteiger partial charge in [-0.15, -0.1) is 0 Å². The number of esters is 1. The van der Waals surface area contributed by atoms with Gasteiger partial charge in [0, 0.05) is 17.3 Å². The standard InChI is InChI=1S/C18H20FN3O3/c1-18(2,17(23)24-3)10-25-16-14(19)8-13(9-22-16)11-4-6-12(7-5-11)15(20)21/h4-9H,10H2,1-3H3,(H3,20,21). The molecule has 0 atom stereocenters. The van der Waals surface area contributed by atoms with E-state index in [0.717, 1.165) is 5.56 Å². The fourth-order valence-corrected chi connectivity index (χ4v) is 2.12. The molecule has 7 heteroatoms. The van der Waals surface area contributed by atoms with Crippen molar-refractivity contribution in [1.29, 1.82) is 5.41 Å². The third-order valence-corrected chi connectivity index (χ3v) is 3.64. The highest BCUT2D eigenvalue weighted by Gasteiger charge is 2.30. The van der Waals surface area contributed by atoms with Crippen molar-refractivity contribution < 1.29 is 18.7 Å². The average molecular weight is 345 g/mol. The maximum absolute atomic E-state index is 14.2. The van der Waals surface area contributed by atoms with Crippen LogP contribution in [0.4, 0.5) is 4.39 Å². The highest BCUT2D eigenvalue weighted by atomic mass is 19.1. The summed E-state index contributed by atoms with van der Waals surface area (Å²) in [5.41, 5.74) is 6.38. The Morgan fingerprint density at radius 3 is 2.44 bits per heavy atom. The Hall–Kier alpha value is -2.96. The van der Waals surface area contributed by atoms with Gasteiger partial charge in [-0.25, -0.2) is 9.37 Å². The first kappa shape index (κ1) is 18.4. The highest BCUT2D eigenvalue weighted by Crippen LogP contribution is 2.25. The molecule has 0 saturated heterocycles. The number of pyridine rings is 1. The lowest BCUT2D eigenvalue weighted by Gasteiger charge is -2.21. The molecule has 25 heavy (non-hydrogen) atoms. The van der Waals surface area contributed by atoms with Gasteiger partial charge < -0.3 is 15.2 Å². The second kappa shape index (κ2) is 7.29. The molecule has 0 amide bonds. The first-order valence-corrected chi connectivity index (χ1v) is 7.56. The van der Waals surface area contributed by atoms with Gasteiger partial charge in [0.15, 0.2) is 5.82 Å². The fourth-order valence-electron chi connectivity index (χ4n) is 2.12. The van der Waals surface area contributed by atoms with E-state index in [-0.39, 0.29) is 18.3 Å². The van der Waals surface area contributed by atoms with Crippen molar-refractivity contribution in [3.63, 3.8) is 0 Å². The van der Waals surface area contributed by atoms with Gasteiger partial charge in [0.2, 0.25) is 5.88 Å². The molecule has 0 aliphatic carbocycles. The molecule has 1 aromatic carbocycles. The lowest BCUT2D eigenvalue weighted by Crippen LogP contribution is -2.32. The molecule has 0 fully saturated rings. The Labute approximate surface area is 145 Å². The fraction of sp³-hybridized carbons (Fsp3) is 0.278. The summed E-state index contributed by atoms with van der Waals surface area (Å²) in [6, 6.07) is 8.12. The van der Waals surface area contributed by atoms with Crippen LogP contribution >= 0.6 is 0 Å². The first-order chi connectivity index (χ1) is 11.7. The van der Waals surface area contributed by atoms with Gasteiger partial charge in [0.25, 0.3) is 0 Å². The van der Waals surface area contributed by atoms with Crippen LogP contribution in [0, 0.1) is 16.6 Å². The van der Waals surface area contributed by atoms with Crippen LogP contribution in [-0.4, -0.2) is 30.5 Å². The molecular weight excluding hydrogens is 325 g/mol. The summed E-state index contributed by atoms with van der Waals surface area (Å²) in [6.07, 6.45) is 1.48. The van der Waals surface area contributed by atoms with Crippen LogP contribution in [0.3, 0.4) is 0 Å². The van der Waals surface area contributed by atoms with Crippen molar-refractivity contribution in [3.8, 4) is 17.0 Å². The van der Waals surface area contributed by atoms with E-state index in [9.17, 15) is 9.18 Å². The van der Waals surface area contributed by atoms with Gasteiger partial charge in [-0.2, -0.15) is 0 Å². The summed E-state index contributed by atoms with van der Waals surface area (Å²) >= 11 is 0. The highest BCUT2D eigenvalue weighted by molar-refractivity contribution is 5.95. The molecule has 0 aliphatic heterocycles. The van der Waals surface area contributed by atoms with Crippen LogP contribution in [-0.2, 0) is 9.53 Å². The number of nitrogen functional groups attached to an aromatic ring is 1. The number of benzene rings is 1. The zero-order valence-corrected chi connectivity index (χ0v) is 14.3. The Morgan fingerprint density at radius 1 is 1.28 bits per heavy atom. The molecule has 0 saturated carbocycles. The largest absolute Gasteiger partial charge is 0.474 e. The minimum Gasteiger partial charge on any atom is -0.474 e. The van der Waals surface area contributed by atoms with Crippen molar-refractivity contribution >= 4 is 11.8 Å². The molecule has 1 heterocycles. The molecular formula is C18H20FN3O3. The summed E-state index contributed by atoms with van der Waals surface area (Å²) in [5.74, 6) is -1.29. The number of hydrogen-bond donors (Lipinski definition) is 2. The summed E-state index contributed by atoms with van der Waals surface area (Å²) in [5, 5.41) is 7.37. The Balaban J connectivity index is 2.15. The molecule has 2 aromatic rings. The van der Waals surface area contributed by atoms with E-state index in [2.05, 4.69) is 9.72 Å². The number of hydrogen-bond acceptors (Lipinski definition) is 5. The number of halogens is 1. The number of carbonyl (C=O) groups is 1. The minimum absolute atomic E-state index is 0.0344. The first-order valence-electron chi connectivity index (χ1n) is 7.56. The molecule has 0 aliphatic rings. The monoisotopic (exact) mass is 345 g/mol. The second-order valence-electron chi connectivity index (χ2n) is 6.17. The van der Waals surface area contributed by atoms with Crippen LogP contribution in [0.15, 0.2) is 36.5 Å². The maximum atomic E-state index is 14.2. The van der Waals surface area contributed by atoms with E-state index in [1.165, 1.54) is 19.4 Å².